The van der Waals surface area contributed by atoms with Crippen LogP contribution < -0.4 is 5.73 Å². The maximum atomic E-state index is 11.6. The zero-order valence-corrected chi connectivity index (χ0v) is 8.94. The summed E-state index contributed by atoms with van der Waals surface area (Å²) in [6.45, 7) is 5.64. The van der Waals surface area contributed by atoms with E-state index in [4.69, 9.17) is 5.73 Å². The number of hydrogen-bond acceptors (Lipinski definition) is 4. The number of Topliss-reactive ketones (excluding diaryl/α,β-unsaturated/α-hetero) is 1. The second-order valence-corrected chi connectivity index (χ2v) is 4.65. The summed E-state index contributed by atoms with van der Waals surface area (Å²) < 4.78 is 0. The van der Waals surface area contributed by atoms with Crippen molar-refractivity contribution in [2.75, 3.05) is 0 Å². The Balaban J connectivity index is 2.82. The minimum atomic E-state index is -0.0890. The highest BCUT2D eigenvalue weighted by Crippen LogP contribution is 2.17. The van der Waals surface area contributed by atoms with Gasteiger partial charge in [0.15, 0.2) is 5.78 Å². The van der Waals surface area contributed by atoms with E-state index < -0.39 is 0 Å². The molecule has 72 valence electrons. The lowest BCUT2D eigenvalue weighted by Gasteiger charge is -2.01. The van der Waals surface area contributed by atoms with Crippen molar-refractivity contribution in [1.29, 1.82) is 0 Å². The maximum Gasteiger partial charge on any atom is 0.183 e. The normalized spacial score (nSPS) is 12.9. The van der Waals surface area contributed by atoms with Crippen LogP contribution in [0.3, 0.4) is 0 Å². The number of rotatable bonds is 3. The molecule has 0 saturated carbocycles. The van der Waals surface area contributed by atoms with Crippen LogP contribution in [0, 0.1) is 13.8 Å². The van der Waals surface area contributed by atoms with Crippen LogP contribution in [0.5, 0.6) is 0 Å². The molecule has 0 saturated heterocycles. The van der Waals surface area contributed by atoms with Gasteiger partial charge in [0.2, 0.25) is 0 Å². The van der Waals surface area contributed by atoms with Gasteiger partial charge >= 0.3 is 0 Å². The lowest BCUT2D eigenvalue weighted by molar-refractivity contribution is 0.0971. The molecule has 4 heteroatoms. The van der Waals surface area contributed by atoms with Crippen LogP contribution in [-0.2, 0) is 0 Å². The highest BCUT2D eigenvalue weighted by Gasteiger charge is 2.14. The van der Waals surface area contributed by atoms with Crippen LogP contribution in [0.15, 0.2) is 0 Å². The molecule has 1 aromatic rings. The fourth-order valence-corrected chi connectivity index (χ4v) is 2.01. The van der Waals surface area contributed by atoms with Gasteiger partial charge in [-0.15, -0.1) is 11.3 Å². The van der Waals surface area contributed by atoms with E-state index >= 15 is 0 Å². The Labute approximate surface area is 82.0 Å². The molecule has 0 aliphatic heterocycles. The van der Waals surface area contributed by atoms with Gasteiger partial charge in [0, 0.05) is 17.3 Å². The minimum absolute atomic E-state index is 0.0526. The zero-order valence-electron chi connectivity index (χ0n) is 8.13. The average molecular weight is 198 g/mol. The van der Waals surface area contributed by atoms with Crippen LogP contribution >= 0.6 is 11.3 Å². The third-order valence-electron chi connectivity index (χ3n) is 1.68. The van der Waals surface area contributed by atoms with E-state index in [1.807, 2.05) is 20.8 Å². The molecule has 0 radical (unpaired) electrons. The average Bonchev–Trinajstić information content (AvgIpc) is 2.28. The van der Waals surface area contributed by atoms with Gasteiger partial charge in [-0.05, 0) is 20.8 Å². The van der Waals surface area contributed by atoms with Crippen molar-refractivity contribution in [3.8, 4) is 0 Å². The Kier molecular flexibility index (Phi) is 3.17. The summed E-state index contributed by atoms with van der Waals surface area (Å²) >= 11 is 1.55. The standard InChI is InChI=1S/C9H14N2OS/c1-5(10)4-8(12)9-6(2)13-7(3)11-9/h5H,4,10H2,1-3H3. The molecule has 1 unspecified atom stereocenters. The Morgan fingerprint density at radius 2 is 2.23 bits per heavy atom. The Morgan fingerprint density at radius 3 is 2.62 bits per heavy atom. The lowest BCUT2D eigenvalue weighted by atomic mass is 10.1. The first kappa shape index (κ1) is 10.3. The van der Waals surface area contributed by atoms with Gasteiger partial charge in [0.25, 0.3) is 0 Å². The topological polar surface area (TPSA) is 56.0 Å². The van der Waals surface area contributed by atoms with E-state index in [2.05, 4.69) is 4.98 Å². The van der Waals surface area contributed by atoms with Crippen LogP contribution in [0.2, 0.25) is 0 Å². The molecule has 0 aliphatic carbocycles. The van der Waals surface area contributed by atoms with Gasteiger partial charge in [0.1, 0.15) is 5.69 Å². The van der Waals surface area contributed by atoms with E-state index in [1.54, 1.807) is 11.3 Å². The van der Waals surface area contributed by atoms with Crippen molar-refractivity contribution < 1.29 is 4.79 Å². The Bertz CT molecular complexity index is 317. The molecular weight excluding hydrogens is 184 g/mol. The molecule has 1 aromatic heterocycles. The van der Waals surface area contributed by atoms with Crippen LogP contribution in [0.4, 0.5) is 0 Å². The highest BCUT2D eigenvalue weighted by molar-refractivity contribution is 7.11. The first-order valence-electron chi connectivity index (χ1n) is 4.23. The molecule has 13 heavy (non-hydrogen) atoms. The van der Waals surface area contributed by atoms with Gasteiger partial charge in [-0.25, -0.2) is 4.98 Å². The van der Waals surface area contributed by atoms with Crippen molar-refractivity contribution in [2.45, 2.75) is 33.2 Å². The molecule has 3 nitrogen and oxygen atoms in total. The highest BCUT2D eigenvalue weighted by atomic mass is 32.1. The summed E-state index contributed by atoms with van der Waals surface area (Å²) in [4.78, 5) is 16.7. The molecule has 0 aliphatic rings. The summed E-state index contributed by atoms with van der Waals surface area (Å²) in [5.74, 6) is 0.0526. The van der Waals surface area contributed by atoms with E-state index in [0.717, 1.165) is 9.88 Å². The van der Waals surface area contributed by atoms with Gasteiger partial charge in [-0.3, -0.25) is 4.79 Å². The van der Waals surface area contributed by atoms with Gasteiger partial charge in [-0.1, -0.05) is 0 Å². The molecule has 0 spiro atoms. The number of aromatic nitrogens is 1. The number of nitrogens with zero attached hydrogens (tertiary/aromatic N) is 1. The number of carbonyl (C=O) groups excluding carboxylic acids is 1. The maximum absolute atomic E-state index is 11.6. The predicted molar refractivity (Wildman–Crippen MR) is 54.2 cm³/mol. The fraction of sp³-hybridized carbons (Fsp3) is 0.556. The minimum Gasteiger partial charge on any atom is -0.328 e. The molecular formula is C9H14N2OS. The molecule has 0 fully saturated rings. The largest absolute Gasteiger partial charge is 0.328 e. The number of ketones is 1. The van der Waals surface area contributed by atoms with E-state index in [1.165, 1.54) is 0 Å². The molecule has 0 amide bonds. The SMILES string of the molecule is Cc1nc(C(=O)CC(C)N)c(C)s1. The third-order valence-corrected chi connectivity index (χ3v) is 2.56. The summed E-state index contributed by atoms with van der Waals surface area (Å²) in [5.41, 5.74) is 6.14. The monoisotopic (exact) mass is 198 g/mol. The summed E-state index contributed by atoms with van der Waals surface area (Å²) in [7, 11) is 0. The van der Waals surface area contributed by atoms with Crippen molar-refractivity contribution >= 4 is 17.1 Å². The van der Waals surface area contributed by atoms with Crippen molar-refractivity contribution in [2.24, 2.45) is 5.73 Å². The smallest absolute Gasteiger partial charge is 0.183 e. The van der Waals surface area contributed by atoms with Crippen molar-refractivity contribution in [3.63, 3.8) is 0 Å². The molecule has 1 atom stereocenters. The van der Waals surface area contributed by atoms with Crippen LogP contribution in [0.25, 0.3) is 0 Å². The zero-order chi connectivity index (χ0) is 10.0. The number of nitrogens with two attached hydrogens (primary N) is 1. The number of thiazole rings is 1. The second-order valence-electron chi connectivity index (χ2n) is 3.24. The molecule has 0 aromatic carbocycles. The van der Waals surface area contributed by atoms with Crippen molar-refractivity contribution in [3.05, 3.63) is 15.6 Å². The van der Waals surface area contributed by atoms with Crippen LogP contribution in [0.1, 0.15) is 33.7 Å². The van der Waals surface area contributed by atoms with Crippen LogP contribution in [-0.4, -0.2) is 16.8 Å². The Morgan fingerprint density at radius 1 is 1.62 bits per heavy atom. The van der Waals surface area contributed by atoms with Gasteiger partial charge in [0.05, 0.1) is 5.01 Å². The van der Waals surface area contributed by atoms with Gasteiger partial charge in [-0.2, -0.15) is 0 Å². The molecule has 1 heterocycles. The quantitative estimate of drug-likeness (QED) is 0.752. The summed E-state index contributed by atoms with van der Waals surface area (Å²) in [5, 5.41) is 0.936. The first-order chi connectivity index (χ1) is 6.00. The van der Waals surface area contributed by atoms with E-state index in [0.29, 0.717) is 12.1 Å². The van der Waals surface area contributed by atoms with E-state index in [-0.39, 0.29) is 11.8 Å². The number of hydrogen-bond donors (Lipinski definition) is 1. The third kappa shape index (κ3) is 2.60. The van der Waals surface area contributed by atoms with E-state index in [9.17, 15) is 4.79 Å². The lowest BCUT2D eigenvalue weighted by Crippen LogP contribution is -2.20. The predicted octanol–water partition coefficient (Wildman–Crippen LogP) is 1.68. The molecule has 2 N–H and O–H groups in total. The first-order valence-corrected chi connectivity index (χ1v) is 5.05. The fourth-order valence-electron chi connectivity index (χ4n) is 1.18. The number of carbonyl (C=O) groups is 1. The number of aryl methyl sites for hydroxylation is 2. The molecule has 1 rings (SSSR count). The summed E-state index contributed by atoms with van der Waals surface area (Å²) in [6.07, 6.45) is 0.379. The second kappa shape index (κ2) is 3.98. The van der Waals surface area contributed by atoms with Gasteiger partial charge < -0.3 is 5.73 Å². The summed E-state index contributed by atoms with van der Waals surface area (Å²) in [6, 6.07) is -0.0890. The Hall–Kier alpha value is -0.740. The van der Waals surface area contributed by atoms with Crippen molar-refractivity contribution in [1.82, 2.24) is 4.98 Å². The molecule has 0 bridgehead atoms.